The van der Waals surface area contributed by atoms with E-state index in [9.17, 15) is 8.42 Å². The molecule has 1 aromatic carbocycles. The number of methoxy groups -OCH3 is 1. The molecule has 0 amide bonds. The molecule has 1 heterocycles. The standard InChI is InChI=1S/C18H24N2O4S/c1-17(2)15(18(17,3)4)16-19-14(20-24-16)10-11-7-8-13(25(6,21)22)12(9-11)23-5/h7-9,15H,10H2,1-6H3. The van der Waals surface area contributed by atoms with Gasteiger partial charge in [-0.2, -0.15) is 4.98 Å². The van der Waals surface area contributed by atoms with Gasteiger partial charge >= 0.3 is 0 Å². The Morgan fingerprint density at radius 2 is 1.84 bits per heavy atom. The fourth-order valence-electron chi connectivity index (χ4n) is 3.58. The molecule has 1 aliphatic rings. The number of hydrogen-bond donors (Lipinski definition) is 0. The van der Waals surface area contributed by atoms with Crippen molar-refractivity contribution in [3.63, 3.8) is 0 Å². The minimum atomic E-state index is -3.33. The van der Waals surface area contributed by atoms with Crippen molar-refractivity contribution >= 4 is 9.84 Å². The number of nitrogens with zero attached hydrogens (tertiary/aromatic N) is 2. The van der Waals surface area contributed by atoms with Crippen LogP contribution in [0.15, 0.2) is 27.6 Å². The number of benzene rings is 1. The molecule has 1 aromatic heterocycles. The number of ether oxygens (including phenoxy) is 1. The fraction of sp³-hybridized carbons (Fsp3) is 0.556. The summed E-state index contributed by atoms with van der Waals surface area (Å²) in [5, 5.41) is 4.09. The minimum Gasteiger partial charge on any atom is -0.495 e. The van der Waals surface area contributed by atoms with Crippen LogP contribution in [0.4, 0.5) is 0 Å². The number of sulfone groups is 1. The second-order valence-electron chi connectivity index (χ2n) is 7.86. The summed E-state index contributed by atoms with van der Waals surface area (Å²) in [7, 11) is -1.88. The van der Waals surface area contributed by atoms with Gasteiger partial charge in [-0.3, -0.25) is 0 Å². The molecule has 1 saturated carbocycles. The van der Waals surface area contributed by atoms with Crippen LogP contribution in [0, 0.1) is 10.8 Å². The highest BCUT2D eigenvalue weighted by Crippen LogP contribution is 2.73. The third-order valence-electron chi connectivity index (χ3n) is 5.74. The van der Waals surface area contributed by atoms with Gasteiger partial charge in [-0.25, -0.2) is 8.42 Å². The van der Waals surface area contributed by atoms with Crippen molar-refractivity contribution in [2.45, 2.75) is 44.9 Å². The maximum atomic E-state index is 11.8. The van der Waals surface area contributed by atoms with Crippen LogP contribution in [0.5, 0.6) is 5.75 Å². The Hall–Kier alpha value is -1.89. The van der Waals surface area contributed by atoms with Gasteiger partial charge in [-0.15, -0.1) is 0 Å². The monoisotopic (exact) mass is 364 g/mol. The molecule has 0 atom stereocenters. The molecule has 0 radical (unpaired) electrons. The smallest absolute Gasteiger partial charge is 0.230 e. The van der Waals surface area contributed by atoms with E-state index in [0.29, 0.717) is 23.9 Å². The van der Waals surface area contributed by atoms with Gasteiger partial charge in [0, 0.05) is 18.6 Å². The summed E-state index contributed by atoms with van der Waals surface area (Å²) < 4.78 is 34.2. The average Bonchev–Trinajstić information content (AvgIpc) is 2.80. The van der Waals surface area contributed by atoms with Crippen LogP contribution in [0.3, 0.4) is 0 Å². The van der Waals surface area contributed by atoms with Crippen molar-refractivity contribution in [3.8, 4) is 5.75 Å². The largest absolute Gasteiger partial charge is 0.495 e. The molecule has 0 unspecified atom stereocenters. The molecule has 0 spiro atoms. The van der Waals surface area contributed by atoms with Crippen LogP contribution in [-0.4, -0.2) is 31.9 Å². The zero-order valence-corrected chi connectivity index (χ0v) is 16.3. The van der Waals surface area contributed by atoms with Crippen molar-refractivity contribution in [3.05, 3.63) is 35.5 Å². The van der Waals surface area contributed by atoms with E-state index in [2.05, 4.69) is 37.8 Å². The molecule has 25 heavy (non-hydrogen) atoms. The summed E-state index contributed by atoms with van der Waals surface area (Å²) in [6.45, 7) is 8.82. The maximum absolute atomic E-state index is 11.8. The predicted octanol–water partition coefficient (Wildman–Crippen LogP) is 3.22. The Morgan fingerprint density at radius 3 is 2.36 bits per heavy atom. The first-order chi connectivity index (χ1) is 11.5. The van der Waals surface area contributed by atoms with Gasteiger partial charge in [-0.1, -0.05) is 38.9 Å². The number of rotatable bonds is 5. The fourth-order valence-corrected chi connectivity index (χ4v) is 4.40. The third kappa shape index (κ3) is 2.94. The highest BCUT2D eigenvalue weighted by Gasteiger charge is 2.67. The molecule has 6 nitrogen and oxygen atoms in total. The van der Waals surface area contributed by atoms with Crippen LogP contribution in [-0.2, 0) is 16.3 Å². The Kier molecular flexibility index (Phi) is 3.98. The summed E-state index contributed by atoms with van der Waals surface area (Å²) in [6, 6.07) is 5.01. The molecule has 0 bridgehead atoms. The molecule has 0 N–H and O–H groups in total. The van der Waals surface area contributed by atoms with E-state index in [0.717, 1.165) is 11.8 Å². The maximum Gasteiger partial charge on any atom is 0.230 e. The van der Waals surface area contributed by atoms with Crippen LogP contribution in [0.2, 0.25) is 0 Å². The van der Waals surface area contributed by atoms with Crippen molar-refractivity contribution in [1.82, 2.24) is 10.1 Å². The van der Waals surface area contributed by atoms with Gasteiger partial charge in [0.2, 0.25) is 5.89 Å². The average molecular weight is 364 g/mol. The first-order valence-corrected chi connectivity index (χ1v) is 10.1. The molecule has 7 heteroatoms. The summed E-state index contributed by atoms with van der Waals surface area (Å²) in [4.78, 5) is 4.72. The van der Waals surface area contributed by atoms with Crippen molar-refractivity contribution < 1.29 is 17.7 Å². The quantitative estimate of drug-likeness (QED) is 0.810. The summed E-state index contributed by atoms with van der Waals surface area (Å²) in [6.07, 6.45) is 1.62. The molecular weight excluding hydrogens is 340 g/mol. The SMILES string of the molecule is COc1cc(Cc2noc(C3C(C)(C)C3(C)C)n2)ccc1S(C)(=O)=O. The Bertz CT molecular complexity index is 899. The minimum absolute atomic E-state index is 0.136. The highest BCUT2D eigenvalue weighted by molar-refractivity contribution is 7.90. The van der Waals surface area contributed by atoms with Gasteiger partial charge in [0.25, 0.3) is 0 Å². The zero-order chi connectivity index (χ0) is 18.6. The lowest BCUT2D eigenvalue weighted by molar-refractivity contribution is 0.361. The summed E-state index contributed by atoms with van der Waals surface area (Å²) in [5.41, 5.74) is 1.14. The van der Waals surface area contributed by atoms with Gasteiger partial charge < -0.3 is 9.26 Å². The van der Waals surface area contributed by atoms with Gasteiger partial charge in [0.15, 0.2) is 15.7 Å². The normalized spacial score (nSPS) is 19.0. The van der Waals surface area contributed by atoms with Crippen LogP contribution >= 0.6 is 0 Å². The van der Waals surface area contributed by atoms with E-state index in [1.165, 1.54) is 7.11 Å². The Labute approximate surface area is 148 Å². The topological polar surface area (TPSA) is 82.3 Å². The van der Waals surface area contributed by atoms with Crippen LogP contribution in [0.1, 0.15) is 50.9 Å². The molecule has 1 aliphatic carbocycles. The Balaban J connectivity index is 1.83. The number of hydrogen-bond acceptors (Lipinski definition) is 6. The van der Waals surface area contributed by atoms with E-state index in [1.807, 2.05) is 0 Å². The van der Waals surface area contributed by atoms with Gasteiger partial charge in [0.1, 0.15) is 10.6 Å². The first kappa shape index (κ1) is 17.9. The lowest BCUT2D eigenvalue weighted by Gasteiger charge is -2.08. The highest BCUT2D eigenvalue weighted by atomic mass is 32.2. The van der Waals surface area contributed by atoms with Crippen LogP contribution < -0.4 is 4.74 Å². The van der Waals surface area contributed by atoms with E-state index in [-0.39, 0.29) is 21.6 Å². The van der Waals surface area contributed by atoms with E-state index in [4.69, 9.17) is 9.26 Å². The van der Waals surface area contributed by atoms with Crippen molar-refractivity contribution in [2.24, 2.45) is 10.8 Å². The third-order valence-corrected chi connectivity index (χ3v) is 6.88. The van der Waals surface area contributed by atoms with E-state index in [1.54, 1.807) is 18.2 Å². The second-order valence-corrected chi connectivity index (χ2v) is 9.84. The van der Waals surface area contributed by atoms with E-state index < -0.39 is 9.84 Å². The second kappa shape index (κ2) is 5.56. The molecule has 0 saturated heterocycles. The molecule has 2 aromatic rings. The molecule has 136 valence electrons. The Morgan fingerprint density at radius 1 is 1.20 bits per heavy atom. The van der Waals surface area contributed by atoms with Crippen LogP contribution in [0.25, 0.3) is 0 Å². The molecule has 0 aliphatic heterocycles. The van der Waals surface area contributed by atoms with E-state index >= 15 is 0 Å². The zero-order valence-electron chi connectivity index (χ0n) is 15.5. The predicted molar refractivity (Wildman–Crippen MR) is 93.5 cm³/mol. The summed E-state index contributed by atoms with van der Waals surface area (Å²) >= 11 is 0. The number of aromatic nitrogens is 2. The lowest BCUT2D eigenvalue weighted by Crippen LogP contribution is -2.02. The van der Waals surface area contributed by atoms with Gasteiger partial charge in [-0.05, 0) is 28.5 Å². The van der Waals surface area contributed by atoms with Crippen molar-refractivity contribution in [2.75, 3.05) is 13.4 Å². The lowest BCUT2D eigenvalue weighted by atomic mass is 10.0. The first-order valence-electron chi connectivity index (χ1n) is 8.18. The van der Waals surface area contributed by atoms with Gasteiger partial charge in [0.05, 0.1) is 7.11 Å². The van der Waals surface area contributed by atoms with Crippen molar-refractivity contribution in [1.29, 1.82) is 0 Å². The summed E-state index contributed by atoms with van der Waals surface area (Å²) in [5.74, 6) is 1.84. The molecule has 1 fully saturated rings. The molecule has 3 rings (SSSR count). The molecular formula is C18H24N2O4S.